The molecule has 4 rings (SSSR count). The summed E-state index contributed by atoms with van der Waals surface area (Å²) in [4.78, 5) is 2.01. The molecule has 0 spiro atoms. The molecule has 3 aromatic rings. The molecule has 4 nitrogen and oxygen atoms in total. The Morgan fingerprint density at radius 2 is 2.15 bits per heavy atom. The van der Waals surface area contributed by atoms with Gasteiger partial charge in [-0.25, -0.2) is 13.3 Å². The van der Waals surface area contributed by atoms with E-state index in [1.807, 2.05) is 36.2 Å². The van der Waals surface area contributed by atoms with Crippen molar-refractivity contribution in [3.8, 4) is 0 Å². The van der Waals surface area contributed by atoms with E-state index in [9.17, 15) is 8.78 Å². The number of benzene rings is 1. The van der Waals surface area contributed by atoms with Gasteiger partial charge in [-0.05, 0) is 36.8 Å². The molecule has 1 saturated heterocycles. The number of hydrogen-bond acceptors (Lipinski definition) is 3. The Hall–Kier alpha value is -2.47. The standard InChI is InChI=1S/C20H21F2N3O/c1-2-26-13-15-11-23-25-7-6-18(10-20(15)25)24-12-17(22)9-19(24)14-4-3-5-16(21)8-14/h3-8,10-11,17,19H,2,9,12-13H2,1H3/t17-,19?/m0/s1. The number of pyridine rings is 1. The lowest BCUT2D eigenvalue weighted by atomic mass is 10.0. The predicted molar refractivity (Wildman–Crippen MR) is 96.5 cm³/mol. The molecule has 0 amide bonds. The highest BCUT2D eigenvalue weighted by molar-refractivity contribution is 5.64. The molecule has 1 aliphatic heterocycles. The number of rotatable bonds is 5. The van der Waals surface area contributed by atoms with Crippen molar-refractivity contribution in [3.05, 3.63) is 65.7 Å². The zero-order valence-corrected chi connectivity index (χ0v) is 14.6. The van der Waals surface area contributed by atoms with Crippen molar-refractivity contribution >= 4 is 11.2 Å². The Bertz CT molecular complexity index is 911. The number of aromatic nitrogens is 2. The van der Waals surface area contributed by atoms with Crippen LogP contribution in [0.5, 0.6) is 0 Å². The third kappa shape index (κ3) is 3.17. The molecule has 1 fully saturated rings. The zero-order chi connectivity index (χ0) is 18.1. The van der Waals surface area contributed by atoms with Crippen LogP contribution in [0.25, 0.3) is 5.52 Å². The molecular formula is C20H21F2N3O. The zero-order valence-electron chi connectivity index (χ0n) is 14.6. The van der Waals surface area contributed by atoms with Gasteiger partial charge in [0.1, 0.15) is 12.0 Å². The Labute approximate surface area is 151 Å². The van der Waals surface area contributed by atoms with E-state index < -0.39 is 6.17 Å². The molecule has 0 aliphatic carbocycles. The van der Waals surface area contributed by atoms with E-state index in [0.29, 0.717) is 26.2 Å². The first-order valence-electron chi connectivity index (χ1n) is 8.86. The summed E-state index contributed by atoms with van der Waals surface area (Å²) in [6.07, 6.45) is 3.08. The second kappa shape index (κ2) is 7.03. The highest BCUT2D eigenvalue weighted by Crippen LogP contribution is 2.38. The molecule has 2 aromatic heterocycles. The maximum Gasteiger partial charge on any atom is 0.123 e. The Kier molecular flexibility index (Phi) is 4.59. The number of hydrogen-bond donors (Lipinski definition) is 0. The lowest BCUT2D eigenvalue weighted by molar-refractivity contribution is 0.135. The van der Waals surface area contributed by atoms with Gasteiger partial charge in [0.05, 0.1) is 24.4 Å². The summed E-state index contributed by atoms with van der Waals surface area (Å²) < 4.78 is 35.2. The topological polar surface area (TPSA) is 29.8 Å². The molecule has 6 heteroatoms. The fourth-order valence-corrected chi connectivity index (χ4v) is 3.62. The van der Waals surface area contributed by atoms with Gasteiger partial charge in [0, 0.05) is 37.0 Å². The van der Waals surface area contributed by atoms with Crippen LogP contribution >= 0.6 is 0 Å². The van der Waals surface area contributed by atoms with Crippen molar-refractivity contribution in [1.82, 2.24) is 9.61 Å². The van der Waals surface area contributed by atoms with E-state index in [1.165, 1.54) is 12.1 Å². The van der Waals surface area contributed by atoms with Crippen LogP contribution < -0.4 is 4.90 Å². The fraction of sp³-hybridized carbons (Fsp3) is 0.350. The minimum absolute atomic E-state index is 0.179. The summed E-state index contributed by atoms with van der Waals surface area (Å²) in [5.74, 6) is -0.296. The average Bonchev–Trinajstić information content (AvgIpc) is 3.23. The first-order valence-corrected chi connectivity index (χ1v) is 8.86. The molecule has 1 unspecified atom stereocenters. The smallest absolute Gasteiger partial charge is 0.123 e. The second-order valence-electron chi connectivity index (χ2n) is 6.58. The summed E-state index contributed by atoms with van der Waals surface area (Å²) in [7, 11) is 0. The first kappa shape index (κ1) is 17.0. The van der Waals surface area contributed by atoms with Crippen LogP contribution in [0.15, 0.2) is 48.8 Å². The molecule has 0 bridgehead atoms. The van der Waals surface area contributed by atoms with E-state index in [-0.39, 0.29) is 11.9 Å². The van der Waals surface area contributed by atoms with Crippen LogP contribution in [-0.4, -0.2) is 28.9 Å². The highest BCUT2D eigenvalue weighted by atomic mass is 19.1. The molecule has 136 valence electrons. The monoisotopic (exact) mass is 357 g/mol. The predicted octanol–water partition coefficient (Wildman–Crippen LogP) is 4.30. The van der Waals surface area contributed by atoms with E-state index in [0.717, 1.165) is 22.3 Å². The quantitative estimate of drug-likeness (QED) is 0.682. The van der Waals surface area contributed by atoms with Gasteiger partial charge >= 0.3 is 0 Å². The number of anilines is 1. The van der Waals surface area contributed by atoms with Crippen LogP contribution in [-0.2, 0) is 11.3 Å². The van der Waals surface area contributed by atoms with Crippen molar-refractivity contribution < 1.29 is 13.5 Å². The maximum absolute atomic E-state index is 14.2. The van der Waals surface area contributed by atoms with Gasteiger partial charge in [-0.15, -0.1) is 0 Å². The average molecular weight is 357 g/mol. The maximum atomic E-state index is 14.2. The number of nitrogens with zero attached hydrogens (tertiary/aromatic N) is 3. The van der Waals surface area contributed by atoms with E-state index in [1.54, 1.807) is 16.8 Å². The summed E-state index contributed by atoms with van der Waals surface area (Å²) in [5.41, 5.74) is 3.64. The summed E-state index contributed by atoms with van der Waals surface area (Å²) in [5, 5.41) is 4.34. The Balaban J connectivity index is 1.70. The second-order valence-corrected chi connectivity index (χ2v) is 6.58. The van der Waals surface area contributed by atoms with Crippen molar-refractivity contribution in [2.24, 2.45) is 0 Å². The van der Waals surface area contributed by atoms with Crippen molar-refractivity contribution in [3.63, 3.8) is 0 Å². The third-order valence-corrected chi connectivity index (χ3v) is 4.86. The number of fused-ring (bicyclic) bond motifs is 1. The van der Waals surface area contributed by atoms with Gasteiger partial charge in [0.15, 0.2) is 0 Å². The summed E-state index contributed by atoms with van der Waals surface area (Å²) in [6, 6.07) is 10.2. The molecular weight excluding hydrogens is 336 g/mol. The van der Waals surface area contributed by atoms with Gasteiger partial charge < -0.3 is 9.64 Å². The Morgan fingerprint density at radius 3 is 2.96 bits per heavy atom. The number of halogens is 2. The molecule has 1 aromatic carbocycles. The molecule has 0 saturated carbocycles. The highest BCUT2D eigenvalue weighted by Gasteiger charge is 2.33. The summed E-state index contributed by atoms with van der Waals surface area (Å²) in [6.45, 7) is 3.37. The first-order chi connectivity index (χ1) is 12.7. The molecule has 2 atom stereocenters. The molecule has 0 radical (unpaired) electrons. The van der Waals surface area contributed by atoms with Gasteiger partial charge in [-0.3, -0.25) is 0 Å². The van der Waals surface area contributed by atoms with Crippen LogP contribution in [0, 0.1) is 5.82 Å². The number of alkyl halides is 1. The lowest BCUT2D eigenvalue weighted by Crippen LogP contribution is -2.23. The Morgan fingerprint density at radius 1 is 1.27 bits per heavy atom. The van der Waals surface area contributed by atoms with Crippen molar-refractivity contribution in [2.75, 3.05) is 18.1 Å². The van der Waals surface area contributed by atoms with Gasteiger partial charge in [-0.1, -0.05) is 12.1 Å². The van der Waals surface area contributed by atoms with Crippen LogP contribution in [0.3, 0.4) is 0 Å². The fourth-order valence-electron chi connectivity index (χ4n) is 3.62. The largest absolute Gasteiger partial charge is 0.377 e. The molecule has 0 N–H and O–H groups in total. The van der Waals surface area contributed by atoms with Gasteiger partial charge in [-0.2, -0.15) is 5.10 Å². The van der Waals surface area contributed by atoms with Gasteiger partial charge in [0.2, 0.25) is 0 Å². The SMILES string of the molecule is CCOCc1cnn2ccc(N3C[C@@H](F)CC3c3cccc(F)c3)cc12. The third-order valence-electron chi connectivity index (χ3n) is 4.86. The summed E-state index contributed by atoms with van der Waals surface area (Å²) >= 11 is 0. The molecule has 26 heavy (non-hydrogen) atoms. The van der Waals surface area contributed by atoms with Crippen molar-refractivity contribution in [1.29, 1.82) is 0 Å². The van der Waals surface area contributed by atoms with Crippen LogP contribution in [0.1, 0.15) is 30.5 Å². The van der Waals surface area contributed by atoms with Gasteiger partial charge in [0.25, 0.3) is 0 Å². The van der Waals surface area contributed by atoms with E-state index in [2.05, 4.69) is 5.10 Å². The minimum atomic E-state index is -0.938. The molecule has 1 aliphatic rings. The van der Waals surface area contributed by atoms with Crippen LogP contribution in [0.2, 0.25) is 0 Å². The van der Waals surface area contributed by atoms with E-state index >= 15 is 0 Å². The van der Waals surface area contributed by atoms with Crippen LogP contribution in [0.4, 0.5) is 14.5 Å². The number of ether oxygens (including phenoxy) is 1. The lowest BCUT2D eigenvalue weighted by Gasteiger charge is -2.27. The minimum Gasteiger partial charge on any atom is -0.377 e. The van der Waals surface area contributed by atoms with Crippen molar-refractivity contribution in [2.45, 2.75) is 32.2 Å². The normalized spacial score (nSPS) is 20.2. The van der Waals surface area contributed by atoms with E-state index in [4.69, 9.17) is 4.74 Å². The molecule has 3 heterocycles.